The molecule has 1 aliphatic heterocycles. The number of halogens is 3. The first-order valence-corrected chi connectivity index (χ1v) is 9.41. The second kappa shape index (κ2) is 9.25. The topological polar surface area (TPSA) is 67.2 Å². The molecule has 0 spiro atoms. The Hall–Kier alpha value is -2.63. The average molecular weight is 405 g/mol. The highest BCUT2D eigenvalue weighted by Gasteiger charge is 2.34. The molecule has 1 saturated heterocycles. The van der Waals surface area contributed by atoms with Gasteiger partial charge in [-0.15, -0.1) is 0 Å². The van der Waals surface area contributed by atoms with Crippen LogP contribution in [0.4, 0.5) is 19.0 Å². The van der Waals surface area contributed by atoms with Crippen molar-refractivity contribution >= 4 is 5.82 Å². The van der Waals surface area contributed by atoms with Gasteiger partial charge in [0.05, 0.1) is 17.7 Å². The molecule has 1 aliphatic rings. The van der Waals surface area contributed by atoms with Crippen LogP contribution in [0.5, 0.6) is 0 Å². The molecule has 0 bridgehead atoms. The molecule has 0 saturated carbocycles. The molecular formula is C21H22F3N3O2. The Morgan fingerprint density at radius 3 is 2.48 bits per heavy atom. The maximum absolute atomic E-state index is 13.1. The van der Waals surface area contributed by atoms with Gasteiger partial charge < -0.3 is 14.8 Å². The van der Waals surface area contributed by atoms with Crippen molar-refractivity contribution in [3.63, 3.8) is 0 Å². The van der Waals surface area contributed by atoms with Gasteiger partial charge in [0, 0.05) is 13.2 Å². The molecule has 5 nitrogen and oxygen atoms in total. The lowest BCUT2D eigenvalue weighted by atomic mass is 10.0. The maximum Gasteiger partial charge on any atom is 0.433 e. The minimum atomic E-state index is -4.59. The van der Waals surface area contributed by atoms with Crippen LogP contribution in [0.3, 0.4) is 0 Å². The highest BCUT2D eigenvalue weighted by atomic mass is 19.4. The van der Waals surface area contributed by atoms with Gasteiger partial charge in [-0.1, -0.05) is 30.3 Å². The molecule has 1 fully saturated rings. The third-order valence-corrected chi connectivity index (χ3v) is 4.76. The van der Waals surface area contributed by atoms with E-state index in [1.54, 1.807) is 6.92 Å². The number of ether oxygens (including phenoxy) is 2. The van der Waals surface area contributed by atoms with Gasteiger partial charge in [0.15, 0.2) is 0 Å². The van der Waals surface area contributed by atoms with Crippen LogP contribution in [-0.2, 0) is 15.7 Å². The lowest BCUT2D eigenvalue weighted by molar-refractivity contribution is -0.141. The van der Waals surface area contributed by atoms with Gasteiger partial charge in [-0.2, -0.15) is 18.4 Å². The van der Waals surface area contributed by atoms with E-state index >= 15 is 0 Å². The molecule has 2 atom stereocenters. The van der Waals surface area contributed by atoms with Crippen LogP contribution in [-0.4, -0.2) is 30.3 Å². The van der Waals surface area contributed by atoms with Crippen molar-refractivity contribution in [1.29, 1.82) is 5.26 Å². The number of hydrogen-bond donors (Lipinski definition) is 1. The minimum absolute atomic E-state index is 0.0110. The summed E-state index contributed by atoms with van der Waals surface area (Å²) in [4.78, 5) is 3.64. The minimum Gasteiger partial charge on any atom is -0.381 e. The number of rotatable bonds is 6. The number of nitrogens with zero attached hydrogens (tertiary/aromatic N) is 2. The largest absolute Gasteiger partial charge is 0.433 e. The predicted molar refractivity (Wildman–Crippen MR) is 101 cm³/mol. The van der Waals surface area contributed by atoms with E-state index < -0.39 is 24.0 Å². The molecule has 1 N–H and O–H groups in total. The third kappa shape index (κ3) is 5.46. The summed E-state index contributed by atoms with van der Waals surface area (Å²) in [6, 6.07) is 12.9. The molecule has 1 aromatic heterocycles. The van der Waals surface area contributed by atoms with E-state index in [0.717, 1.165) is 30.5 Å². The fourth-order valence-electron chi connectivity index (χ4n) is 3.26. The molecule has 3 rings (SSSR count). The van der Waals surface area contributed by atoms with Gasteiger partial charge in [-0.05, 0) is 37.5 Å². The van der Waals surface area contributed by atoms with Crippen LogP contribution in [0.15, 0.2) is 42.5 Å². The summed E-state index contributed by atoms with van der Waals surface area (Å²) in [6.45, 7) is 3.03. The van der Waals surface area contributed by atoms with Crippen LogP contribution in [0.2, 0.25) is 0 Å². The molecule has 0 aliphatic carbocycles. The fraction of sp³-hybridized carbons (Fsp3) is 0.429. The number of alkyl halides is 3. The summed E-state index contributed by atoms with van der Waals surface area (Å²) >= 11 is 0. The van der Waals surface area contributed by atoms with Crippen LogP contribution >= 0.6 is 0 Å². The van der Waals surface area contributed by atoms with Crippen molar-refractivity contribution in [2.75, 3.05) is 18.5 Å². The van der Waals surface area contributed by atoms with Gasteiger partial charge in [-0.25, -0.2) is 4.98 Å². The number of pyridine rings is 1. The van der Waals surface area contributed by atoms with Crippen LogP contribution < -0.4 is 5.32 Å². The van der Waals surface area contributed by atoms with Gasteiger partial charge in [0.25, 0.3) is 0 Å². The zero-order valence-corrected chi connectivity index (χ0v) is 15.9. The van der Waals surface area contributed by atoms with Crippen LogP contribution in [0, 0.1) is 11.3 Å². The Bertz CT molecular complexity index is 846. The molecule has 1 aromatic carbocycles. The number of aromatic nitrogens is 1. The van der Waals surface area contributed by atoms with Gasteiger partial charge in [0.1, 0.15) is 23.7 Å². The Kier molecular flexibility index (Phi) is 6.72. The third-order valence-electron chi connectivity index (χ3n) is 4.76. The van der Waals surface area contributed by atoms with Gasteiger partial charge in [-0.3, -0.25) is 0 Å². The molecule has 8 heteroatoms. The number of nitriles is 1. The van der Waals surface area contributed by atoms with E-state index in [4.69, 9.17) is 9.47 Å². The molecule has 2 aromatic rings. The van der Waals surface area contributed by atoms with Crippen molar-refractivity contribution in [1.82, 2.24) is 4.98 Å². The van der Waals surface area contributed by atoms with Gasteiger partial charge >= 0.3 is 6.18 Å². The molecule has 154 valence electrons. The lowest BCUT2D eigenvalue weighted by Crippen LogP contribution is -2.33. The SMILES string of the molecule is CC(Nc1nc(C(F)(F)F)ccc1C#N)C(OC1CCOCC1)c1ccccc1. The van der Waals surface area contributed by atoms with E-state index in [2.05, 4.69) is 10.3 Å². The van der Waals surface area contributed by atoms with Crippen molar-refractivity contribution < 1.29 is 22.6 Å². The molecule has 2 heterocycles. The van der Waals surface area contributed by atoms with Crippen molar-refractivity contribution in [3.05, 3.63) is 59.3 Å². The monoisotopic (exact) mass is 405 g/mol. The van der Waals surface area contributed by atoms with Crippen LogP contribution in [0.25, 0.3) is 0 Å². The number of nitrogens with one attached hydrogen (secondary N) is 1. The fourth-order valence-corrected chi connectivity index (χ4v) is 3.26. The summed E-state index contributed by atoms with van der Waals surface area (Å²) in [6.07, 6.45) is -3.53. The smallest absolute Gasteiger partial charge is 0.381 e. The molecule has 29 heavy (non-hydrogen) atoms. The van der Waals surface area contributed by atoms with E-state index in [-0.39, 0.29) is 17.5 Å². The lowest BCUT2D eigenvalue weighted by Gasteiger charge is -2.32. The second-order valence-corrected chi connectivity index (χ2v) is 6.91. The maximum atomic E-state index is 13.1. The molecule has 0 radical (unpaired) electrons. The molecule has 0 amide bonds. The number of anilines is 1. The van der Waals surface area contributed by atoms with Gasteiger partial charge in [0.2, 0.25) is 0 Å². The second-order valence-electron chi connectivity index (χ2n) is 6.91. The Labute approximate surface area is 167 Å². The van der Waals surface area contributed by atoms with Crippen LogP contribution in [0.1, 0.15) is 42.7 Å². The van der Waals surface area contributed by atoms with E-state index in [0.29, 0.717) is 13.2 Å². The summed E-state index contributed by atoms with van der Waals surface area (Å²) in [5.41, 5.74) is -0.111. The van der Waals surface area contributed by atoms with Crippen molar-refractivity contribution in [2.24, 2.45) is 0 Å². The van der Waals surface area contributed by atoms with E-state index in [1.165, 1.54) is 0 Å². The van der Waals surface area contributed by atoms with Crippen molar-refractivity contribution in [2.45, 2.75) is 44.2 Å². The normalized spacial score (nSPS) is 17.3. The van der Waals surface area contributed by atoms with Crippen molar-refractivity contribution in [3.8, 4) is 6.07 Å². The quantitative estimate of drug-likeness (QED) is 0.754. The summed E-state index contributed by atoms with van der Waals surface area (Å²) < 4.78 is 50.9. The zero-order valence-electron chi connectivity index (χ0n) is 15.9. The number of benzene rings is 1. The number of hydrogen-bond acceptors (Lipinski definition) is 5. The summed E-state index contributed by atoms with van der Waals surface area (Å²) in [5.74, 6) is -0.105. The molecule has 2 unspecified atom stereocenters. The van der Waals surface area contributed by atoms with E-state index in [9.17, 15) is 18.4 Å². The molecular weight excluding hydrogens is 383 g/mol. The Morgan fingerprint density at radius 2 is 1.86 bits per heavy atom. The first kappa shape index (κ1) is 21.1. The zero-order chi connectivity index (χ0) is 20.9. The Morgan fingerprint density at radius 1 is 1.17 bits per heavy atom. The first-order chi connectivity index (χ1) is 13.9. The highest BCUT2D eigenvalue weighted by Crippen LogP contribution is 2.32. The highest BCUT2D eigenvalue weighted by molar-refractivity contribution is 5.53. The summed E-state index contributed by atoms with van der Waals surface area (Å²) in [7, 11) is 0. The average Bonchev–Trinajstić information content (AvgIpc) is 2.72. The standard InChI is InChI=1S/C21H22F3N3O2/c1-14(26-20-16(13-25)7-8-18(27-20)21(22,23)24)19(15-5-3-2-4-6-15)29-17-9-11-28-12-10-17/h2-8,14,17,19H,9-12H2,1H3,(H,26,27). The van der Waals surface area contributed by atoms with E-state index in [1.807, 2.05) is 36.4 Å². The Balaban J connectivity index is 1.86. The summed E-state index contributed by atoms with van der Waals surface area (Å²) in [5, 5.41) is 12.3. The predicted octanol–water partition coefficient (Wildman–Crippen LogP) is 4.71. The first-order valence-electron chi connectivity index (χ1n) is 9.41.